The average molecular weight is 255 g/mol. The summed E-state index contributed by atoms with van der Waals surface area (Å²) < 4.78 is 5.43. The zero-order chi connectivity index (χ0) is 12.6. The van der Waals surface area contributed by atoms with Crippen LogP contribution in [0, 0.1) is 10.1 Å². The van der Waals surface area contributed by atoms with E-state index >= 15 is 0 Å². The molecule has 0 N–H and O–H groups in total. The second-order valence-electron chi connectivity index (χ2n) is 3.24. The van der Waals surface area contributed by atoms with Gasteiger partial charge in [0.1, 0.15) is 0 Å². The van der Waals surface area contributed by atoms with Crippen molar-refractivity contribution in [3.63, 3.8) is 0 Å². The molecule has 1 heterocycles. The molecular formula is C10H7ClN2O4. The van der Waals surface area contributed by atoms with Crippen LogP contribution in [-0.4, -0.2) is 22.1 Å². The van der Waals surface area contributed by atoms with Gasteiger partial charge in [-0.1, -0.05) is 12.1 Å². The smallest absolute Gasteiger partial charge is 0.363 e. The van der Waals surface area contributed by atoms with Crippen LogP contribution in [0.3, 0.4) is 0 Å². The summed E-state index contributed by atoms with van der Waals surface area (Å²) in [4.78, 5) is 21.8. The number of carbonyl (C=O) groups is 1. The van der Waals surface area contributed by atoms with Gasteiger partial charge in [0.25, 0.3) is 0 Å². The molecule has 0 bridgehead atoms. The molecule has 0 saturated carbocycles. The third kappa shape index (κ3) is 1.62. The summed E-state index contributed by atoms with van der Waals surface area (Å²) in [6, 6.07) is 6.42. The number of fused-ring (bicyclic) bond motifs is 1. The molecule has 0 fully saturated rings. The van der Waals surface area contributed by atoms with E-state index in [1.165, 1.54) is 6.07 Å². The molecule has 1 aromatic heterocycles. The highest BCUT2D eigenvalue weighted by molar-refractivity contribution is 6.24. The van der Waals surface area contributed by atoms with E-state index < -0.39 is 10.9 Å². The van der Waals surface area contributed by atoms with Crippen LogP contribution in [0.5, 0.6) is 0 Å². The van der Waals surface area contributed by atoms with Gasteiger partial charge < -0.3 is 4.74 Å². The van der Waals surface area contributed by atoms with Crippen LogP contribution in [-0.2, 0) is 4.74 Å². The Hall–Kier alpha value is -2.08. The first-order valence-electron chi connectivity index (χ1n) is 4.60. The number of nitro groups is 1. The molecule has 17 heavy (non-hydrogen) atoms. The molecule has 0 amide bonds. The van der Waals surface area contributed by atoms with E-state index in [2.05, 4.69) is 4.74 Å². The van der Waals surface area contributed by atoms with Gasteiger partial charge >= 0.3 is 11.7 Å². The Kier molecular flexibility index (Phi) is 2.72. The highest BCUT2D eigenvalue weighted by atomic mass is 35.5. The molecule has 0 unspecified atom stereocenters. The zero-order valence-electron chi connectivity index (χ0n) is 8.71. The molecule has 2 aromatic rings. The molecule has 7 heteroatoms. The zero-order valence-corrected chi connectivity index (χ0v) is 9.47. The van der Waals surface area contributed by atoms with Gasteiger partial charge in [0.05, 0.1) is 22.9 Å². The molecule has 1 aromatic carbocycles. The monoisotopic (exact) mass is 254 g/mol. The van der Waals surface area contributed by atoms with Crippen molar-refractivity contribution >= 4 is 34.3 Å². The number of carbonyl (C=O) groups excluding carboxylic acids is 1. The average Bonchev–Trinajstić information content (AvgIpc) is 2.62. The molecule has 88 valence electrons. The molecule has 0 aliphatic rings. The lowest BCUT2D eigenvalue weighted by Crippen LogP contribution is -2.07. The van der Waals surface area contributed by atoms with Crippen LogP contribution < -0.4 is 0 Å². The highest BCUT2D eigenvalue weighted by Crippen LogP contribution is 2.33. The fourth-order valence-corrected chi connectivity index (χ4v) is 1.94. The first kappa shape index (κ1) is 11.4. The minimum absolute atomic E-state index is 0.277. The maximum atomic E-state index is 11.5. The lowest BCUT2D eigenvalue weighted by Gasteiger charge is -1.98. The third-order valence-corrected chi connectivity index (χ3v) is 2.70. The Bertz CT molecular complexity index is 620. The Morgan fingerprint density at radius 3 is 2.71 bits per heavy atom. The number of hydrogen-bond acceptors (Lipinski definition) is 4. The van der Waals surface area contributed by atoms with Crippen molar-refractivity contribution in [3.8, 4) is 0 Å². The number of halogens is 1. The van der Waals surface area contributed by atoms with Crippen LogP contribution >= 0.6 is 11.8 Å². The van der Waals surface area contributed by atoms with Gasteiger partial charge in [0.15, 0.2) is 0 Å². The van der Waals surface area contributed by atoms with Gasteiger partial charge in [-0.05, 0) is 12.1 Å². The Balaban J connectivity index is 2.90. The number of rotatable bonds is 2. The van der Waals surface area contributed by atoms with Crippen molar-refractivity contribution in [2.75, 3.05) is 7.11 Å². The molecule has 2 rings (SSSR count). The number of aromatic nitrogens is 1. The molecule has 0 aliphatic carbocycles. The standard InChI is InChI=1S/C10H7ClN2O4/c1-17-10(14)9-8(13(15)16)6-4-2-3-5-7(6)12(9)11/h2-5H,1H3. The Morgan fingerprint density at radius 1 is 1.47 bits per heavy atom. The van der Waals surface area contributed by atoms with Gasteiger partial charge in [-0.15, -0.1) is 0 Å². The van der Waals surface area contributed by atoms with Crippen LogP contribution in [0.4, 0.5) is 5.69 Å². The minimum atomic E-state index is -0.845. The van der Waals surface area contributed by atoms with E-state index in [0.717, 1.165) is 11.2 Å². The van der Waals surface area contributed by atoms with Gasteiger partial charge in [-0.3, -0.25) is 10.1 Å². The fraction of sp³-hybridized carbons (Fsp3) is 0.100. The first-order chi connectivity index (χ1) is 8.07. The summed E-state index contributed by atoms with van der Waals surface area (Å²) in [5.41, 5.74) is -0.232. The minimum Gasteiger partial charge on any atom is -0.464 e. The molecule has 0 saturated heterocycles. The molecule has 0 atom stereocenters. The fourth-order valence-electron chi connectivity index (χ4n) is 1.64. The van der Waals surface area contributed by atoms with E-state index in [0.29, 0.717) is 10.9 Å². The predicted octanol–water partition coefficient (Wildman–Crippen LogP) is 2.34. The van der Waals surface area contributed by atoms with Gasteiger partial charge in [0.2, 0.25) is 5.69 Å². The van der Waals surface area contributed by atoms with Gasteiger partial charge in [0, 0.05) is 11.8 Å². The summed E-state index contributed by atoms with van der Waals surface area (Å²) in [5, 5.41) is 11.3. The second-order valence-corrected chi connectivity index (χ2v) is 3.58. The predicted molar refractivity (Wildman–Crippen MR) is 61.2 cm³/mol. The molecular weight excluding hydrogens is 248 g/mol. The van der Waals surface area contributed by atoms with E-state index in [4.69, 9.17) is 11.8 Å². The van der Waals surface area contributed by atoms with Crippen LogP contribution in [0.1, 0.15) is 10.5 Å². The third-order valence-electron chi connectivity index (χ3n) is 2.35. The van der Waals surface area contributed by atoms with E-state index in [9.17, 15) is 14.9 Å². The summed E-state index contributed by atoms with van der Waals surface area (Å²) >= 11 is 5.89. The van der Waals surface area contributed by atoms with E-state index in [1.54, 1.807) is 18.2 Å². The van der Waals surface area contributed by atoms with Crippen molar-refractivity contribution < 1.29 is 14.5 Å². The van der Waals surface area contributed by atoms with Gasteiger partial charge in [-0.25, -0.2) is 8.88 Å². The number of methoxy groups -OCH3 is 1. The molecule has 0 aliphatic heterocycles. The lowest BCUT2D eigenvalue weighted by atomic mass is 10.2. The van der Waals surface area contributed by atoms with E-state index in [-0.39, 0.29) is 11.4 Å². The van der Waals surface area contributed by atoms with Crippen LogP contribution in [0.25, 0.3) is 10.9 Å². The number of benzene rings is 1. The number of ether oxygens (including phenoxy) is 1. The number of para-hydroxylation sites is 1. The molecule has 6 nitrogen and oxygen atoms in total. The topological polar surface area (TPSA) is 74.4 Å². The first-order valence-corrected chi connectivity index (χ1v) is 4.94. The van der Waals surface area contributed by atoms with Crippen molar-refractivity contribution in [1.29, 1.82) is 0 Å². The number of esters is 1. The van der Waals surface area contributed by atoms with Crippen molar-refractivity contribution in [2.24, 2.45) is 0 Å². The van der Waals surface area contributed by atoms with Crippen LogP contribution in [0.2, 0.25) is 0 Å². The van der Waals surface area contributed by atoms with E-state index in [1.807, 2.05) is 0 Å². The van der Waals surface area contributed by atoms with Crippen LogP contribution in [0.15, 0.2) is 24.3 Å². The highest BCUT2D eigenvalue weighted by Gasteiger charge is 2.31. The normalized spacial score (nSPS) is 10.5. The number of hydrogen-bond donors (Lipinski definition) is 0. The van der Waals surface area contributed by atoms with Crippen molar-refractivity contribution in [3.05, 3.63) is 40.1 Å². The quantitative estimate of drug-likeness (QED) is 0.468. The number of nitrogens with zero attached hydrogens (tertiary/aromatic N) is 2. The lowest BCUT2D eigenvalue weighted by molar-refractivity contribution is -0.383. The summed E-state index contributed by atoms with van der Waals surface area (Å²) in [6.45, 7) is 0. The maximum Gasteiger partial charge on any atom is 0.363 e. The Morgan fingerprint density at radius 2 is 2.12 bits per heavy atom. The van der Waals surface area contributed by atoms with Gasteiger partial charge in [-0.2, -0.15) is 0 Å². The summed E-state index contributed by atoms with van der Waals surface area (Å²) in [5.74, 6) is -0.845. The second kappa shape index (κ2) is 4.06. The summed E-state index contributed by atoms with van der Waals surface area (Å²) in [7, 11) is 1.14. The molecule has 0 radical (unpaired) electrons. The largest absolute Gasteiger partial charge is 0.464 e. The maximum absolute atomic E-state index is 11.5. The van der Waals surface area contributed by atoms with Crippen molar-refractivity contribution in [2.45, 2.75) is 0 Å². The molecule has 0 spiro atoms. The summed E-state index contributed by atoms with van der Waals surface area (Å²) in [6.07, 6.45) is 0. The SMILES string of the molecule is COC(=O)c1c([N+](=O)[O-])c2ccccc2n1Cl. The van der Waals surface area contributed by atoms with Crippen molar-refractivity contribution in [1.82, 2.24) is 4.09 Å². The Labute approximate surface area is 101 Å².